The molecule has 0 fully saturated rings. The van der Waals surface area contributed by atoms with Gasteiger partial charge < -0.3 is 14.8 Å². The fraction of sp³-hybridized carbons (Fsp3) is 0.263. The number of hydrogen-bond acceptors (Lipinski definition) is 4. The Bertz CT molecular complexity index is 702. The van der Waals surface area contributed by atoms with E-state index in [-0.39, 0.29) is 18.4 Å². The van der Waals surface area contributed by atoms with E-state index < -0.39 is 6.09 Å². The van der Waals surface area contributed by atoms with E-state index in [4.69, 9.17) is 9.47 Å². The molecule has 0 bridgehead atoms. The fourth-order valence-electron chi connectivity index (χ4n) is 1.93. The number of benzene rings is 2. The molecule has 0 heterocycles. The summed E-state index contributed by atoms with van der Waals surface area (Å²) in [5.74, 6) is 0.602. The topological polar surface area (TPSA) is 76.7 Å². The van der Waals surface area contributed by atoms with E-state index in [1.165, 1.54) is 0 Å². The van der Waals surface area contributed by atoms with E-state index in [0.717, 1.165) is 0 Å². The van der Waals surface area contributed by atoms with Crippen LogP contribution in [-0.4, -0.2) is 25.2 Å². The molecule has 2 amide bonds. The first-order chi connectivity index (χ1) is 12.0. The van der Waals surface area contributed by atoms with Crippen molar-refractivity contribution < 1.29 is 19.1 Å². The number of anilines is 2. The smallest absolute Gasteiger partial charge is 0.411 e. The molecule has 0 radical (unpaired) electrons. The van der Waals surface area contributed by atoms with Crippen molar-refractivity contribution in [2.75, 3.05) is 23.8 Å². The number of carbonyl (C=O) groups is 2. The largest absolute Gasteiger partial charge is 0.484 e. The lowest BCUT2D eigenvalue weighted by molar-refractivity contribution is -0.118. The Kier molecular flexibility index (Phi) is 6.83. The van der Waals surface area contributed by atoms with Crippen LogP contribution in [0.2, 0.25) is 0 Å². The van der Waals surface area contributed by atoms with Crippen molar-refractivity contribution in [3.63, 3.8) is 0 Å². The van der Waals surface area contributed by atoms with E-state index in [1.807, 2.05) is 32.0 Å². The highest BCUT2D eigenvalue weighted by atomic mass is 16.5. The van der Waals surface area contributed by atoms with E-state index in [2.05, 4.69) is 10.6 Å². The van der Waals surface area contributed by atoms with E-state index >= 15 is 0 Å². The van der Waals surface area contributed by atoms with Crippen LogP contribution in [-0.2, 0) is 9.53 Å². The van der Waals surface area contributed by atoms with Gasteiger partial charge in [-0.3, -0.25) is 10.1 Å². The third kappa shape index (κ3) is 6.95. The lowest BCUT2D eigenvalue weighted by atomic mass is 10.2. The lowest BCUT2D eigenvalue weighted by Gasteiger charge is -2.11. The molecule has 25 heavy (non-hydrogen) atoms. The molecule has 0 unspecified atom stereocenters. The zero-order valence-electron chi connectivity index (χ0n) is 14.3. The Morgan fingerprint density at radius 1 is 0.960 bits per heavy atom. The summed E-state index contributed by atoms with van der Waals surface area (Å²) >= 11 is 0. The van der Waals surface area contributed by atoms with Crippen molar-refractivity contribution in [3.8, 4) is 5.75 Å². The first-order valence-corrected chi connectivity index (χ1v) is 8.04. The Labute approximate surface area is 147 Å². The minimum absolute atomic E-state index is 0.0991. The van der Waals surface area contributed by atoms with Crippen LogP contribution in [0.1, 0.15) is 13.8 Å². The van der Waals surface area contributed by atoms with E-state index in [1.54, 1.807) is 36.4 Å². The second-order valence-corrected chi connectivity index (χ2v) is 5.85. The molecule has 6 heteroatoms. The van der Waals surface area contributed by atoms with Gasteiger partial charge in [-0.2, -0.15) is 0 Å². The van der Waals surface area contributed by atoms with Gasteiger partial charge in [0.2, 0.25) is 0 Å². The third-order valence-electron chi connectivity index (χ3n) is 3.05. The molecule has 2 N–H and O–H groups in total. The Hall–Kier alpha value is -3.02. The molecule has 0 atom stereocenters. The van der Waals surface area contributed by atoms with Crippen LogP contribution in [0.25, 0.3) is 0 Å². The molecule has 0 spiro atoms. The summed E-state index contributed by atoms with van der Waals surface area (Å²) in [5, 5.41) is 5.35. The monoisotopic (exact) mass is 342 g/mol. The van der Waals surface area contributed by atoms with Gasteiger partial charge in [0, 0.05) is 11.4 Å². The van der Waals surface area contributed by atoms with Gasteiger partial charge in [-0.05, 0) is 36.2 Å². The summed E-state index contributed by atoms with van der Waals surface area (Å²) < 4.78 is 10.4. The van der Waals surface area contributed by atoms with Crippen LogP contribution in [0.5, 0.6) is 5.75 Å². The number of para-hydroxylation sites is 1. The van der Waals surface area contributed by atoms with Crippen molar-refractivity contribution >= 4 is 23.4 Å². The summed E-state index contributed by atoms with van der Waals surface area (Å²) in [6, 6.07) is 15.9. The number of ether oxygens (including phenoxy) is 2. The molecule has 2 aromatic rings. The SMILES string of the molecule is CC(C)COC(=O)Nc1cccc(NC(=O)COc2ccccc2)c1. The van der Waals surface area contributed by atoms with Gasteiger partial charge in [0.05, 0.1) is 6.61 Å². The molecule has 2 aromatic carbocycles. The summed E-state index contributed by atoms with van der Waals surface area (Å²) in [6.07, 6.45) is -0.524. The highest BCUT2D eigenvalue weighted by molar-refractivity contribution is 5.93. The average molecular weight is 342 g/mol. The predicted octanol–water partition coefficient (Wildman–Crippen LogP) is 3.91. The Morgan fingerprint density at radius 2 is 1.64 bits per heavy atom. The van der Waals surface area contributed by atoms with Crippen molar-refractivity contribution in [1.82, 2.24) is 0 Å². The maximum Gasteiger partial charge on any atom is 0.411 e. The standard InChI is InChI=1S/C19H22N2O4/c1-14(2)12-25-19(23)21-16-8-6-7-15(11-16)20-18(22)13-24-17-9-4-3-5-10-17/h3-11,14H,12-13H2,1-2H3,(H,20,22)(H,21,23). The molecule has 0 saturated heterocycles. The van der Waals surface area contributed by atoms with Crippen LogP contribution in [0.4, 0.5) is 16.2 Å². The minimum atomic E-state index is -0.524. The number of rotatable bonds is 7. The second-order valence-electron chi connectivity index (χ2n) is 5.85. The molecule has 132 valence electrons. The molecule has 0 aliphatic carbocycles. The highest BCUT2D eigenvalue weighted by Gasteiger charge is 2.07. The third-order valence-corrected chi connectivity index (χ3v) is 3.05. The maximum absolute atomic E-state index is 11.9. The molecule has 0 saturated carbocycles. The van der Waals surface area contributed by atoms with Crippen molar-refractivity contribution in [2.24, 2.45) is 5.92 Å². The van der Waals surface area contributed by atoms with E-state index in [9.17, 15) is 9.59 Å². The zero-order valence-corrected chi connectivity index (χ0v) is 14.3. The van der Waals surface area contributed by atoms with Gasteiger partial charge in [0.15, 0.2) is 6.61 Å². The van der Waals surface area contributed by atoms with Crippen molar-refractivity contribution in [2.45, 2.75) is 13.8 Å². The molecule has 6 nitrogen and oxygen atoms in total. The zero-order chi connectivity index (χ0) is 18.1. The number of carbonyl (C=O) groups excluding carboxylic acids is 2. The van der Waals surface area contributed by atoms with Gasteiger partial charge in [0.1, 0.15) is 5.75 Å². The summed E-state index contributed by atoms with van der Waals surface area (Å²) in [4.78, 5) is 23.6. The van der Waals surface area contributed by atoms with Gasteiger partial charge in [-0.25, -0.2) is 4.79 Å². The quantitative estimate of drug-likeness (QED) is 0.800. The van der Waals surface area contributed by atoms with Gasteiger partial charge in [-0.15, -0.1) is 0 Å². The average Bonchev–Trinajstić information content (AvgIpc) is 2.59. The summed E-state index contributed by atoms with van der Waals surface area (Å²) in [7, 11) is 0. The lowest BCUT2D eigenvalue weighted by Crippen LogP contribution is -2.20. The first kappa shape index (κ1) is 18.3. The minimum Gasteiger partial charge on any atom is -0.484 e. The number of hydrogen-bond donors (Lipinski definition) is 2. The Morgan fingerprint density at radius 3 is 2.32 bits per heavy atom. The molecule has 0 aliphatic heterocycles. The summed E-state index contributed by atoms with van der Waals surface area (Å²) in [6.45, 7) is 4.17. The maximum atomic E-state index is 11.9. The van der Waals surface area contributed by atoms with Crippen LogP contribution < -0.4 is 15.4 Å². The second kappa shape index (κ2) is 9.32. The predicted molar refractivity (Wildman–Crippen MR) is 96.8 cm³/mol. The summed E-state index contributed by atoms with van der Waals surface area (Å²) in [5.41, 5.74) is 1.10. The number of amides is 2. The van der Waals surface area contributed by atoms with Crippen LogP contribution in [0, 0.1) is 5.92 Å². The molecular formula is C19H22N2O4. The normalized spacial score (nSPS) is 10.2. The van der Waals surface area contributed by atoms with Gasteiger partial charge >= 0.3 is 6.09 Å². The highest BCUT2D eigenvalue weighted by Crippen LogP contribution is 2.16. The van der Waals surface area contributed by atoms with Gasteiger partial charge in [-0.1, -0.05) is 38.1 Å². The molecular weight excluding hydrogens is 320 g/mol. The van der Waals surface area contributed by atoms with Crippen molar-refractivity contribution in [3.05, 3.63) is 54.6 Å². The van der Waals surface area contributed by atoms with E-state index in [0.29, 0.717) is 23.7 Å². The Balaban J connectivity index is 1.83. The molecule has 0 aliphatic rings. The molecule has 0 aromatic heterocycles. The number of nitrogens with one attached hydrogen (secondary N) is 2. The van der Waals surface area contributed by atoms with Crippen molar-refractivity contribution in [1.29, 1.82) is 0 Å². The van der Waals surface area contributed by atoms with Gasteiger partial charge in [0.25, 0.3) is 5.91 Å². The van der Waals surface area contributed by atoms with Crippen LogP contribution >= 0.6 is 0 Å². The molecule has 2 rings (SSSR count). The van der Waals surface area contributed by atoms with Crippen LogP contribution in [0.3, 0.4) is 0 Å². The fourth-order valence-corrected chi connectivity index (χ4v) is 1.93. The van der Waals surface area contributed by atoms with Crippen LogP contribution in [0.15, 0.2) is 54.6 Å². The first-order valence-electron chi connectivity index (χ1n) is 8.04.